The minimum absolute atomic E-state index is 0.179. The van der Waals surface area contributed by atoms with Gasteiger partial charge in [0.05, 0.1) is 6.04 Å². The van der Waals surface area contributed by atoms with Gasteiger partial charge in [-0.15, -0.1) is 11.3 Å². The Balaban J connectivity index is 1.96. The lowest BCUT2D eigenvalue weighted by Gasteiger charge is -2.25. The first-order chi connectivity index (χ1) is 14.1. The summed E-state index contributed by atoms with van der Waals surface area (Å²) in [5.74, 6) is -0.401. The van der Waals surface area contributed by atoms with Crippen molar-refractivity contribution in [2.24, 2.45) is 0 Å². The maximum atomic E-state index is 12.9. The molecule has 0 unspecified atom stereocenters. The van der Waals surface area contributed by atoms with Gasteiger partial charge in [-0.2, -0.15) is 0 Å². The highest BCUT2D eigenvalue weighted by atomic mass is 32.1. The predicted octanol–water partition coefficient (Wildman–Crippen LogP) is 4.19. The summed E-state index contributed by atoms with van der Waals surface area (Å²) in [5.41, 5.74) is 3.12. The summed E-state index contributed by atoms with van der Waals surface area (Å²) in [6.07, 6.45) is 0.971. The standard InChI is InChI=1S/C23H25N3O2S/c1-3-16-11-13-18(14-12-16)20(19-10-7-15-29-19)25-21(17-8-5-4-6-9-17)22(27)26-23(28)24-2/h4-15,20-21,25H,3H2,1-2H3,(H2,24,26,27,28)/t20-,21-/m1/s1. The number of carbonyl (C=O) groups is 2. The van der Waals surface area contributed by atoms with Gasteiger partial charge in [-0.25, -0.2) is 4.79 Å². The molecule has 2 atom stereocenters. The summed E-state index contributed by atoms with van der Waals surface area (Å²) in [5, 5.41) is 10.3. The number of benzene rings is 2. The van der Waals surface area contributed by atoms with E-state index in [1.165, 1.54) is 12.6 Å². The van der Waals surface area contributed by atoms with E-state index in [1.54, 1.807) is 11.3 Å². The van der Waals surface area contributed by atoms with Crippen LogP contribution in [0, 0.1) is 0 Å². The fourth-order valence-corrected chi connectivity index (χ4v) is 3.94. The van der Waals surface area contributed by atoms with Crippen molar-refractivity contribution < 1.29 is 9.59 Å². The van der Waals surface area contributed by atoms with Crippen LogP contribution in [0.25, 0.3) is 0 Å². The maximum absolute atomic E-state index is 12.9. The van der Waals surface area contributed by atoms with Crippen molar-refractivity contribution in [1.82, 2.24) is 16.0 Å². The van der Waals surface area contributed by atoms with Crippen LogP contribution in [-0.4, -0.2) is 19.0 Å². The Morgan fingerprint density at radius 2 is 1.66 bits per heavy atom. The molecule has 0 fully saturated rings. The molecule has 29 heavy (non-hydrogen) atoms. The Morgan fingerprint density at radius 3 is 2.24 bits per heavy atom. The van der Waals surface area contributed by atoms with Crippen LogP contribution < -0.4 is 16.0 Å². The third kappa shape index (κ3) is 5.31. The highest BCUT2D eigenvalue weighted by molar-refractivity contribution is 7.10. The summed E-state index contributed by atoms with van der Waals surface area (Å²) in [7, 11) is 1.48. The number of urea groups is 1. The molecule has 3 amide bonds. The molecule has 0 saturated heterocycles. The smallest absolute Gasteiger partial charge is 0.321 e. The van der Waals surface area contributed by atoms with Gasteiger partial charge >= 0.3 is 6.03 Å². The minimum atomic E-state index is -0.688. The molecule has 0 bridgehead atoms. The quantitative estimate of drug-likeness (QED) is 0.550. The molecule has 5 nitrogen and oxygen atoms in total. The number of amides is 3. The summed E-state index contributed by atoms with van der Waals surface area (Å²) >= 11 is 1.63. The van der Waals surface area contributed by atoms with E-state index in [4.69, 9.17) is 0 Å². The van der Waals surface area contributed by atoms with Crippen molar-refractivity contribution in [3.8, 4) is 0 Å². The first-order valence-electron chi connectivity index (χ1n) is 9.58. The van der Waals surface area contributed by atoms with Crippen LogP contribution in [-0.2, 0) is 11.2 Å². The van der Waals surface area contributed by atoms with E-state index in [-0.39, 0.29) is 6.04 Å². The van der Waals surface area contributed by atoms with Gasteiger partial charge in [0.2, 0.25) is 5.91 Å². The van der Waals surface area contributed by atoms with E-state index in [1.807, 2.05) is 41.8 Å². The Bertz CT molecular complexity index is 925. The van der Waals surface area contributed by atoms with Crippen LogP contribution in [0.4, 0.5) is 4.79 Å². The third-order valence-electron chi connectivity index (χ3n) is 4.74. The molecule has 0 aliphatic carbocycles. The van der Waals surface area contributed by atoms with E-state index < -0.39 is 18.0 Å². The van der Waals surface area contributed by atoms with Gasteiger partial charge in [0.15, 0.2) is 0 Å². The molecular formula is C23H25N3O2S. The molecule has 6 heteroatoms. The van der Waals surface area contributed by atoms with E-state index in [0.717, 1.165) is 22.4 Å². The SMILES string of the molecule is CCc1ccc([C@@H](N[C@@H](C(=O)NC(=O)NC)c2ccccc2)c2cccs2)cc1. The molecule has 0 spiro atoms. The van der Waals surface area contributed by atoms with Crippen LogP contribution in [0.2, 0.25) is 0 Å². The zero-order chi connectivity index (χ0) is 20.6. The van der Waals surface area contributed by atoms with Crippen LogP contribution in [0.1, 0.15) is 40.6 Å². The van der Waals surface area contributed by atoms with Crippen molar-refractivity contribution in [2.75, 3.05) is 7.05 Å². The Hall–Kier alpha value is -2.96. The monoisotopic (exact) mass is 407 g/mol. The molecule has 3 rings (SSSR count). The Morgan fingerprint density at radius 1 is 0.931 bits per heavy atom. The van der Waals surface area contributed by atoms with Gasteiger partial charge in [0.25, 0.3) is 0 Å². The fourth-order valence-electron chi connectivity index (χ4n) is 3.13. The first-order valence-corrected chi connectivity index (χ1v) is 10.5. The maximum Gasteiger partial charge on any atom is 0.321 e. The number of imide groups is 1. The predicted molar refractivity (Wildman–Crippen MR) is 117 cm³/mol. The molecule has 0 aliphatic heterocycles. The summed E-state index contributed by atoms with van der Waals surface area (Å²) in [6, 6.07) is 20.5. The molecule has 3 aromatic rings. The van der Waals surface area contributed by atoms with E-state index in [9.17, 15) is 9.59 Å². The molecule has 0 radical (unpaired) electrons. The zero-order valence-corrected chi connectivity index (χ0v) is 17.3. The molecule has 1 aromatic heterocycles. The van der Waals surface area contributed by atoms with Crippen molar-refractivity contribution in [3.63, 3.8) is 0 Å². The molecule has 150 valence electrons. The molecule has 1 heterocycles. The van der Waals surface area contributed by atoms with Crippen molar-refractivity contribution in [1.29, 1.82) is 0 Å². The lowest BCUT2D eigenvalue weighted by atomic mass is 9.99. The minimum Gasteiger partial charge on any atom is -0.341 e. The molecule has 2 aromatic carbocycles. The van der Waals surface area contributed by atoms with Crippen LogP contribution in [0.5, 0.6) is 0 Å². The van der Waals surface area contributed by atoms with Gasteiger partial charge in [-0.3, -0.25) is 15.4 Å². The van der Waals surface area contributed by atoms with E-state index in [0.29, 0.717) is 0 Å². The number of carbonyl (C=O) groups excluding carboxylic acids is 2. The average Bonchev–Trinajstić information content (AvgIpc) is 3.29. The number of nitrogens with one attached hydrogen (secondary N) is 3. The van der Waals surface area contributed by atoms with E-state index >= 15 is 0 Å². The van der Waals surface area contributed by atoms with E-state index in [2.05, 4.69) is 53.2 Å². The highest BCUT2D eigenvalue weighted by Crippen LogP contribution is 2.29. The Labute approximate surface area is 175 Å². The van der Waals surface area contributed by atoms with Gasteiger partial charge in [0.1, 0.15) is 6.04 Å². The first kappa shape index (κ1) is 20.8. The summed E-state index contributed by atoms with van der Waals surface area (Å²) < 4.78 is 0. The lowest BCUT2D eigenvalue weighted by molar-refractivity contribution is -0.122. The highest BCUT2D eigenvalue weighted by Gasteiger charge is 2.27. The van der Waals surface area contributed by atoms with Gasteiger partial charge in [0, 0.05) is 11.9 Å². The number of hydrogen-bond acceptors (Lipinski definition) is 4. The van der Waals surface area contributed by atoms with Gasteiger partial charge < -0.3 is 5.32 Å². The van der Waals surface area contributed by atoms with Gasteiger partial charge in [-0.05, 0) is 34.6 Å². The second-order valence-electron chi connectivity index (χ2n) is 6.62. The molecule has 3 N–H and O–H groups in total. The van der Waals surface area contributed by atoms with Gasteiger partial charge in [-0.1, -0.05) is 67.6 Å². The lowest BCUT2D eigenvalue weighted by Crippen LogP contribution is -2.45. The number of thiophene rings is 1. The molecular weight excluding hydrogens is 382 g/mol. The summed E-state index contributed by atoms with van der Waals surface area (Å²) in [4.78, 5) is 25.8. The second kappa shape index (κ2) is 10.0. The topological polar surface area (TPSA) is 70.2 Å². The zero-order valence-electron chi connectivity index (χ0n) is 16.5. The summed E-state index contributed by atoms with van der Waals surface area (Å²) in [6.45, 7) is 2.12. The number of rotatable bonds is 7. The molecule has 0 aliphatic rings. The number of aryl methyl sites for hydroxylation is 1. The van der Waals surface area contributed by atoms with Crippen LogP contribution in [0.3, 0.4) is 0 Å². The number of hydrogen-bond donors (Lipinski definition) is 3. The van der Waals surface area contributed by atoms with Crippen LogP contribution >= 0.6 is 11.3 Å². The fraction of sp³-hybridized carbons (Fsp3) is 0.217. The van der Waals surface area contributed by atoms with Crippen LogP contribution in [0.15, 0.2) is 72.1 Å². The van der Waals surface area contributed by atoms with Crippen molar-refractivity contribution in [2.45, 2.75) is 25.4 Å². The normalized spacial score (nSPS) is 12.8. The van der Waals surface area contributed by atoms with Crippen molar-refractivity contribution >= 4 is 23.3 Å². The average molecular weight is 408 g/mol. The largest absolute Gasteiger partial charge is 0.341 e. The Kier molecular flexibility index (Phi) is 7.16. The second-order valence-corrected chi connectivity index (χ2v) is 7.60. The van der Waals surface area contributed by atoms with Crippen molar-refractivity contribution in [3.05, 3.63) is 93.7 Å². The third-order valence-corrected chi connectivity index (χ3v) is 5.68. The molecule has 0 saturated carbocycles.